The molecule has 0 amide bonds. The molecule has 4 nitrogen and oxygen atoms in total. The normalized spacial score (nSPS) is 12.4. The molecule has 3 aromatic rings. The van der Waals surface area contributed by atoms with Gasteiger partial charge in [-0.1, -0.05) is 17.9 Å². The topological polar surface area (TPSA) is 47.2 Å². The van der Waals surface area contributed by atoms with Gasteiger partial charge < -0.3 is 0 Å². The van der Waals surface area contributed by atoms with Crippen LogP contribution in [0, 0.1) is 38.4 Å². The molecule has 0 N–H and O–H groups in total. The van der Waals surface area contributed by atoms with Crippen LogP contribution >= 0.6 is 0 Å². The van der Waals surface area contributed by atoms with Crippen LogP contribution in [-0.2, 0) is 0 Å². The van der Waals surface area contributed by atoms with Crippen molar-refractivity contribution in [2.45, 2.75) is 46.5 Å². The molecule has 34 heavy (non-hydrogen) atoms. The van der Waals surface area contributed by atoms with Gasteiger partial charge in [0.1, 0.15) is 5.82 Å². The summed E-state index contributed by atoms with van der Waals surface area (Å²) in [7, 11) is 0. The van der Waals surface area contributed by atoms with E-state index in [0.717, 1.165) is 48.4 Å². The Bertz CT molecular complexity index is 1330. The van der Waals surface area contributed by atoms with E-state index >= 15 is 0 Å². The standard InChI is InChI=1S/C29H28FN3O/c1-20-21(2)32-33(22(20)3)28-15-12-26(29(34)7-5-4-6-24-16-17-31-19-24)18-25(28)11-8-23-9-13-27(30)14-10-23/h9-10,12-16,18-19H,4-7,17H2,1-3H3. The Morgan fingerprint density at radius 2 is 1.85 bits per heavy atom. The molecule has 5 heteroatoms. The number of nitrogens with zero attached hydrogens (tertiary/aromatic N) is 3. The van der Waals surface area contributed by atoms with Crippen LogP contribution in [0.25, 0.3) is 5.69 Å². The Kier molecular flexibility index (Phi) is 7.18. The number of aliphatic imine (C=N–C) groups is 1. The number of allylic oxidation sites excluding steroid dienone is 1. The van der Waals surface area contributed by atoms with Gasteiger partial charge in [-0.25, -0.2) is 9.07 Å². The molecular formula is C29H28FN3O. The largest absolute Gasteiger partial charge is 0.294 e. The first-order valence-electron chi connectivity index (χ1n) is 11.6. The third-order valence-electron chi connectivity index (χ3n) is 6.22. The fourth-order valence-corrected chi connectivity index (χ4v) is 3.94. The predicted molar refractivity (Wildman–Crippen MR) is 134 cm³/mol. The van der Waals surface area contributed by atoms with E-state index in [1.807, 2.05) is 49.9 Å². The third kappa shape index (κ3) is 5.40. The number of aryl methyl sites for hydroxylation is 1. The lowest BCUT2D eigenvalue weighted by Gasteiger charge is -2.10. The number of ketones is 1. The summed E-state index contributed by atoms with van der Waals surface area (Å²) in [6.45, 7) is 6.82. The molecule has 0 unspecified atom stereocenters. The van der Waals surface area contributed by atoms with Gasteiger partial charge in [0, 0.05) is 29.5 Å². The van der Waals surface area contributed by atoms with E-state index < -0.39 is 0 Å². The second-order valence-electron chi connectivity index (χ2n) is 8.60. The molecular weight excluding hydrogens is 425 g/mol. The van der Waals surface area contributed by atoms with Crippen LogP contribution in [0.5, 0.6) is 0 Å². The van der Waals surface area contributed by atoms with Gasteiger partial charge in [0.05, 0.1) is 23.5 Å². The van der Waals surface area contributed by atoms with Crippen molar-refractivity contribution in [1.29, 1.82) is 0 Å². The molecule has 1 aromatic heterocycles. The SMILES string of the molecule is Cc1nn(-c2ccc(C(=O)CCCCC3=CCN=C3)cc2C#Cc2ccc(F)cc2)c(C)c1C. The van der Waals surface area contributed by atoms with Gasteiger partial charge in [-0.2, -0.15) is 5.10 Å². The van der Waals surface area contributed by atoms with E-state index in [1.165, 1.54) is 17.7 Å². The molecule has 0 fully saturated rings. The van der Waals surface area contributed by atoms with Crippen LogP contribution < -0.4 is 0 Å². The summed E-state index contributed by atoms with van der Waals surface area (Å²) in [6.07, 6.45) is 7.30. The van der Waals surface area contributed by atoms with Gasteiger partial charge in [-0.05, 0) is 93.6 Å². The Balaban J connectivity index is 1.59. The highest BCUT2D eigenvalue weighted by molar-refractivity contribution is 5.96. The van der Waals surface area contributed by atoms with E-state index in [2.05, 4.69) is 28.0 Å². The minimum atomic E-state index is -0.298. The number of Topliss-reactive ketones (excluding diaryl/α,β-unsaturated/α-hetero) is 1. The number of hydrogen-bond acceptors (Lipinski definition) is 3. The summed E-state index contributed by atoms with van der Waals surface area (Å²) in [5.74, 6) is 6.11. The first-order valence-corrected chi connectivity index (χ1v) is 11.6. The quantitative estimate of drug-likeness (QED) is 0.247. The van der Waals surface area contributed by atoms with Crippen molar-refractivity contribution in [2.24, 2.45) is 4.99 Å². The summed E-state index contributed by atoms with van der Waals surface area (Å²) < 4.78 is 15.1. The molecule has 0 saturated carbocycles. The maximum Gasteiger partial charge on any atom is 0.162 e. The van der Waals surface area contributed by atoms with E-state index in [1.54, 1.807) is 12.1 Å². The van der Waals surface area contributed by atoms with Crippen molar-refractivity contribution in [3.05, 3.63) is 93.6 Å². The van der Waals surface area contributed by atoms with Gasteiger partial charge in [0.25, 0.3) is 0 Å². The number of benzene rings is 2. The summed E-state index contributed by atoms with van der Waals surface area (Å²) in [5, 5.41) is 4.68. The van der Waals surface area contributed by atoms with E-state index in [4.69, 9.17) is 0 Å². The van der Waals surface area contributed by atoms with Gasteiger partial charge in [-0.3, -0.25) is 9.79 Å². The zero-order chi connectivity index (χ0) is 24.1. The average Bonchev–Trinajstić information content (AvgIpc) is 3.45. The van der Waals surface area contributed by atoms with Crippen molar-refractivity contribution in [3.8, 4) is 17.5 Å². The first-order chi connectivity index (χ1) is 16.4. The average molecular weight is 454 g/mol. The lowest BCUT2D eigenvalue weighted by atomic mass is 10.00. The monoisotopic (exact) mass is 453 g/mol. The molecule has 2 aromatic carbocycles. The summed E-state index contributed by atoms with van der Waals surface area (Å²) in [6, 6.07) is 11.7. The van der Waals surface area contributed by atoms with Crippen LogP contribution in [0.3, 0.4) is 0 Å². The molecule has 172 valence electrons. The fraction of sp³-hybridized carbons (Fsp3) is 0.276. The number of unbranched alkanes of at least 4 members (excludes halogenated alkanes) is 1. The van der Waals surface area contributed by atoms with Crippen LogP contribution in [-0.4, -0.2) is 28.3 Å². The van der Waals surface area contributed by atoms with Crippen LogP contribution in [0.1, 0.15) is 64.1 Å². The molecule has 4 rings (SSSR count). The molecule has 0 atom stereocenters. The van der Waals surface area contributed by atoms with Gasteiger partial charge in [-0.15, -0.1) is 0 Å². The number of carbonyl (C=O) groups excluding carboxylic acids is 1. The molecule has 0 aliphatic carbocycles. The third-order valence-corrected chi connectivity index (χ3v) is 6.22. The van der Waals surface area contributed by atoms with Crippen molar-refractivity contribution in [1.82, 2.24) is 9.78 Å². The highest BCUT2D eigenvalue weighted by Crippen LogP contribution is 2.22. The highest BCUT2D eigenvalue weighted by atomic mass is 19.1. The molecule has 0 saturated heterocycles. The van der Waals surface area contributed by atoms with Crippen molar-refractivity contribution >= 4 is 12.0 Å². The smallest absolute Gasteiger partial charge is 0.162 e. The van der Waals surface area contributed by atoms with Crippen molar-refractivity contribution in [3.63, 3.8) is 0 Å². The number of rotatable bonds is 7. The zero-order valence-corrected chi connectivity index (χ0v) is 19.9. The second kappa shape index (κ2) is 10.4. The van der Waals surface area contributed by atoms with Crippen LogP contribution in [0.15, 0.2) is 59.1 Å². The molecule has 0 radical (unpaired) electrons. The van der Waals surface area contributed by atoms with Gasteiger partial charge in [0.15, 0.2) is 5.78 Å². The maximum absolute atomic E-state index is 13.3. The van der Waals surface area contributed by atoms with E-state index in [-0.39, 0.29) is 11.6 Å². The first kappa shape index (κ1) is 23.4. The lowest BCUT2D eigenvalue weighted by Crippen LogP contribution is -2.05. The Labute approximate surface area is 200 Å². The van der Waals surface area contributed by atoms with Crippen molar-refractivity contribution in [2.75, 3.05) is 6.54 Å². The maximum atomic E-state index is 13.3. The van der Waals surface area contributed by atoms with Crippen LogP contribution in [0.2, 0.25) is 0 Å². The summed E-state index contributed by atoms with van der Waals surface area (Å²) in [5.41, 5.74) is 7.27. The fourth-order valence-electron chi connectivity index (χ4n) is 3.94. The number of hydrogen-bond donors (Lipinski definition) is 0. The molecule has 2 heterocycles. The highest BCUT2D eigenvalue weighted by Gasteiger charge is 2.15. The molecule has 1 aliphatic heterocycles. The second-order valence-corrected chi connectivity index (χ2v) is 8.60. The Morgan fingerprint density at radius 1 is 1.06 bits per heavy atom. The predicted octanol–water partition coefficient (Wildman–Crippen LogP) is 6.09. The Hall–Kier alpha value is -3.78. The number of aromatic nitrogens is 2. The summed E-state index contributed by atoms with van der Waals surface area (Å²) >= 11 is 0. The minimum absolute atomic E-state index is 0.106. The number of halogens is 1. The van der Waals surface area contributed by atoms with Crippen LogP contribution in [0.4, 0.5) is 4.39 Å². The van der Waals surface area contributed by atoms with Crippen molar-refractivity contribution < 1.29 is 9.18 Å². The zero-order valence-electron chi connectivity index (χ0n) is 19.9. The number of carbonyl (C=O) groups is 1. The summed E-state index contributed by atoms with van der Waals surface area (Å²) in [4.78, 5) is 17.1. The lowest BCUT2D eigenvalue weighted by molar-refractivity contribution is 0.0979. The van der Waals surface area contributed by atoms with E-state index in [0.29, 0.717) is 23.1 Å². The Morgan fingerprint density at radius 3 is 2.53 bits per heavy atom. The molecule has 1 aliphatic rings. The molecule has 0 bridgehead atoms. The minimum Gasteiger partial charge on any atom is -0.294 e. The molecule has 0 spiro atoms. The van der Waals surface area contributed by atoms with E-state index in [9.17, 15) is 9.18 Å². The van der Waals surface area contributed by atoms with Gasteiger partial charge >= 0.3 is 0 Å². The van der Waals surface area contributed by atoms with Gasteiger partial charge in [0.2, 0.25) is 0 Å².